The summed E-state index contributed by atoms with van der Waals surface area (Å²) in [5.74, 6) is 0. The summed E-state index contributed by atoms with van der Waals surface area (Å²) in [6.45, 7) is 10.8. The standard InChI is InChI=1S/C11H23NO/c1-4-5-9-13-10-7-6-8-12-11(2)3/h4,11-12H,1,5-10H2,2-3H3. The Kier molecular flexibility index (Phi) is 9.49. The van der Waals surface area contributed by atoms with Gasteiger partial charge in [0.05, 0.1) is 0 Å². The van der Waals surface area contributed by atoms with E-state index in [1.165, 1.54) is 6.42 Å². The van der Waals surface area contributed by atoms with Crippen LogP contribution < -0.4 is 5.32 Å². The fraction of sp³-hybridized carbons (Fsp3) is 0.818. The molecule has 0 heterocycles. The van der Waals surface area contributed by atoms with Crippen molar-refractivity contribution in [2.45, 2.75) is 39.2 Å². The summed E-state index contributed by atoms with van der Waals surface area (Å²) >= 11 is 0. The predicted molar refractivity (Wildman–Crippen MR) is 58.0 cm³/mol. The molecule has 0 unspecified atom stereocenters. The molecule has 0 bridgehead atoms. The third-order valence-electron chi connectivity index (χ3n) is 1.73. The molecule has 0 aromatic heterocycles. The van der Waals surface area contributed by atoms with Crippen molar-refractivity contribution in [3.05, 3.63) is 12.7 Å². The maximum atomic E-state index is 5.38. The molecule has 0 aliphatic heterocycles. The highest BCUT2D eigenvalue weighted by molar-refractivity contribution is 4.64. The molecule has 1 N–H and O–H groups in total. The largest absolute Gasteiger partial charge is 0.381 e. The Hall–Kier alpha value is -0.340. The van der Waals surface area contributed by atoms with Gasteiger partial charge >= 0.3 is 0 Å². The van der Waals surface area contributed by atoms with Gasteiger partial charge in [-0.15, -0.1) is 6.58 Å². The number of nitrogens with one attached hydrogen (secondary N) is 1. The number of unbranched alkanes of at least 4 members (excludes halogenated alkanes) is 1. The van der Waals surface area contributed by atoms with Gasteiger partial charge < -0.3 is 10.1 Å². The molecule has 0 rings (SSSR count). The fourth-order valence-corrected chi connectivity index (χ4v) is 0.989. The Morgan fingerprint density at radius 3 is 2.69 bits per heavy atom. The first-order chi connectivity index (χ1) is 6.27. The molecule has 0 radical (unpaired) electrons. The first kappa shape index (κ1) is 12.7. The van der Waals surface area contributed by atoms with Crippen LogP contribution >= 0.6 is 0 Å². The van der Waals surface area contributed by atoms with Crippen LogP contribution in [0.1, 0.15) is 33.1 Å². The summed E-state index contributed by atoms with van der Waals surface area (Å²) in [7, 11) is 0. The van der Waals surface area contributed by atoms with Crippen molar-refractivity contribution in [1.29, 1.82) is 0 Å². The molecule has 0 saturated carbocycles. The lowest BCUT2D eigenvalue weighted by atomic mass is 10.3. The lowest BCUT2D eigenvalue weighted by Gasteiger charge is -2.07. The maximum absolute atomic E-state index is 5.38. The smallest absolute Gasteiger partial charge is 0.0500 e. The first-order valence-electron chi connectivity index (χ1n) is 5.19. The number of hydrogen-bond donors (Lipinski definition) is 1. The van der Waals surface area contributed by atoms with Crippen LogP contribution in [0.5, 0.6) is 0 Å². The van der Waals surface area contributed by atoms with Crippen LogP contribution in [-0.2, 0) is 4.74 Å². The van der Waals surface area contributed by atoms with Crippen LogP contribution in [0.25, 0.3) is 0 Å². The van der Waals surface area contributed by atoms with E-state index in [1.54, 1.807) is 0 Å². The molecule has 0 aliphatic rings. The summed E-state index contributed by atoms with van der Waals surface area (Å²) in [4.78, 5) is 0. The van der Waals surface area contributed by atoms with Gasteiger partial charge in [0, 0.05) is 19.3 Å². The van der Waals surface area contributed by atoms with Crippen molar-refractivity contribution >= 4 is 0 Å². The second kappa shape index (κ2) is 9.75. The van der Waals surface area contributed by atoms with E-state index < -0.39 is 0 Å². The molecule has 0 spiro atoms. The van der Waals surface area contributed by atoms with Gasteiger partial charge in [0.25, 0.3) is 0 Å². The lowest BCUT2D eigenvalue weighted by Crippen LogP contribution is -2.23. The molecule has 0 aromatic carbocycles. The van der Waals surface area contributed by atoms with E-state index in [2.05, 4.69) is 25.7 Å². The minimum Gasteiger partial charge on any atom is -0.381 e. The van der Waals surface area contributed by atoms with Gasteiger partial charge in [0.15, 0.2) is 0 Å². The normalized spacial score (nSPS) is 10.7. The highest BCUT2D eigenvalue weighted by atomic mass is 16.5. The molecule has 0 saturated heterocycles. The topological polar surface area (TPSA) is 21.3 Å². The number of hydrogen-bond acceptors (Lipinski definition) is 2. The fourth-order valence-electron chi connectivity index (χ4n) is 0.989. The number of ether oxygens (including phenoxy) is 1. The van der Waals surface area contributed by atoms with Crippen molar-refractivity contribution in [3.63, 3.8) is 0 Å². The van der Waals surface area contributed by atoms with Gasteiger partial charge in [-0.1, -0.05) is 19.9 Å². The molecule has 78 valence electrons. The molecule has 0 atom stereocenters. The average molecular weight is 185 g/mol. The minimum absolute atomic E-state index is 0.599. The van der Waals surface area contributed by atoms with E-state index in [1.807, 2.05) is 6.08 Å². The Labute approximate surface area is 82.4 Å². The molecule has 2 nitrogen and oxygen atoms in total. The third kappa shape index (κ3) is 11.7. The predicted octanol–water partition coefficient (Wildman–Crippen LogP) is 2.36. The van der Waals surface area contributed by atoms with Crippen LogP contribution in [-0.4, -0.2) is 25.8 Å². The van der Waals surface area contributed by atoms with Crippen molar-refractivity contribution in [3.8, 4) is 0 Å². The first-order valence-corrected chi connectivity index (χ1v) is 5.19. The quantitative estimate of drug-likeness (QED) is 0.440. The molecule has 0 aliphatic carbocycles. The lowest BCUT2D eigenvalue weighted by molar-refractivity contribution is 0.134. The molecular weight excluding hydrogens is 162 g/mol. The van der Waals surface area contributed by atoms with E-state index in [0.717, 1.165) is 32.6 Å². The highest BCUT2D eigenvalue weighted by Crippen LogP contribution is 1.91. The van der Waals surface area contributed by atoms with E-state index in [0.29, 0.717) is 6.04 Å². The molecule has 2 heteroatoms. The van der Waals surface area contributed by atoms with Crippen LogP contribution in [0.3, 0.4) is 0 Å². The van der Waals surface area contributed by atoms with Crippen molar-refractivity contribution in [2.24, 2.45) is 0 Å². The van der Waals surface area contributed by atoms with Crippen LogP contribution in [0.2, 0.25) is 0 Å². The Balaban J connectivity index is 2.87. The Morgan fingerprint density at radius 2 is 2.08 bits per heavy atom. The highest BCUT2D eigenvalue weighted by Gasteiger charge is 1.92. The summed E-state index contributed by atoms with van der Waals surface area (Å²) in [6, 6.07) is 0.599. The van der Waals surface area contributed by atoms with Gasteiger partial charge in [-0.25, -0.2) is 0 Å². The van der Waals surface area contributed by atoms with Crippen molar-refractivity contribution in [2.75, 3.05) is 19.8 Å². The second-order valence-electron chi connectivity index (χ2n) is 3.51. The molecule has 0 aromatic rings. The van der Waals surface area contributed by atoms with Gasteiger partial charge in [-0.3, -0.25) is 0 Å². The zero-order valence-electron chi connectivity index (χ0n) is 9.01. The van der Waals surface area contributed by atoms with E-state index >= 15 is 0 Å². The van der Waals surface area contributed by atoms with E-state index in [-0.39, 0.29) is 0 Å². The number of rotatable bonds is 9. The molecule has 0 fully saturated rings. The summed E-state index contributed by atoms with van der Waals surface area (Å²) < 4.78 is 5.38. The van der Waals surface area contributed by atoms with Gasteiger partial charge in [0.1, 0.15) is 0 Å². The molecule has 0 amide bonds. The third-order valence-corrected chi connectivity index (χ3v) is 1.73. The van der Waals surface area contributed by atoms with Crippen LogP contribution in [0, 0.1) is 0 Å². The summed E-state index contributed by atoms with van der Waals surface area (Å²) in [5.41, 5.74) is 0. The Morgan fingerprint density at radius 1 is 1.31 bits per heavy atom. The maximum Gasteiger partial charge on any atom is 0.0500 e. The van der Waals surface area contributed by atoms with Crippen molar-refractivity contribution < 1.29 is 4.74 Å². The van der Waals surface area contributed by atoms with Gasteiger partial charge in [-0.05, 0) is 25.8 Å². The SMILES string of the molecule is C=CCCOCCCCNC(C)C. The zero-order valence-corrected chi connectivity index (χ0v) is 9.01. The minimum atomic E-state index is 0.599. The average Bonchev–Trinajstić information content (AvgIpc) is 2.09. The monoisotopic (exact) mass is 185 g/mol. The summed E-state index contributed by atoms with van der Waals surface area (Å²) in [5, 5.41) is 3.38. The summed E-state index contributed by atoms with van der Waals surface area (Å²) in [6.07, 6.45) is 5.20. The molecular formula is C11H23NO. The van der Waals surface area contributed by atoms with Crippen molar-refractivity contribution in [1.82, 2.24) is 5.32 Å². The van der Waals surface area contributed by atoms with E-state index in [9.17, 15) is 0 Å². The van der Waals surface area contributed by atoms with Gasteiger partial charge in [0.2, 0.25) is 0 Å². The van der Waals surface area contributed by atoms with Gasteiger partial charge in [-0.2, -0.15) is 0 Å². The van der Waals surface area contributed by atoms with Crippen LogP contribution in [0.4, 0.5) is 0 Å². The second-order valence-corrected chi connectivity index (χ2v) is 3.51. The Bertz CT molecular complexity index is 113. The van der Waals surface area contributed by atoms with E-state index in [4.69, 9.17) is 4.74 Å². The molecule has 13 heavy (non-hydrogen) atoms. The zero-order chi connectivity index (χ0) is 9.94. The van der Waals surface area contributed by atoms with Crippen LogP contribution in [0.15, 0.2) is 12.7 Å².